The molecule has 19 heavy (non-hydrogen) atoms. The van der Waals surface area contributed by atoms with Crippen molar-refractivity contribution in [3.8, 4) is 0 Å². The third kappa shape index (κ3) is 3.01. The fourth-order valence-corrected chi connectivity index (χ4v) is 2.09. The van der Waals surface area contributed by atoms with Gasteiger partial charge in [-0.2, -0.15) is 14.7 Å². The van der Waals surface area contributed by atoms with E-state index >= 15 is 0 Å². The summed E-state index contributed by atoms with van der Waals surface area (Å²) >= 11 is 0. The number of H-pyrrole nitrogens is 1. The van der Waals surface area contributed by atoms with Crippen molar-refractivity contribution >= 4 is 5.65 Å². The third-order valence-electron chi connectivity index (χ3n) is 3.24. The number of aromatic amines is 1. The van der Waals surface area contributed by atoms with Crippen LogP contribution in [-0.2, 0) is 6.42 Å². The van der Waals surface area contributed by atoms with Gasteiger partial charge in [-0.05, 0) is 24.1 Å². The van der Waals surface area contributed by atoms with Crippen LogP contribution in [0.1, 0.15) is 33.4 Å². The van der Waals surface area contributed by atoms with Crippen LogP contribution in [0.2, 0.25) is 0 Å². The van der Waals surface area contributed by atoms with Gasteiger partial charge in [-0.15, -0.1) is 0 Å². The second-order valence-electron chi connectivity index (χ2n) is 5.80. The lowest BCUT2D eigenvalue weighted by atomic mass is 9.84. The minimum atomic E-state index is -0.299. The molecule has 0 saturated heterocycles. The molecular weight excluding hydrogens is 242 g/mol. The highest BCUT2D eigenvalue weighted by Gasteiger charge is 2.24. The molecule has 104 valence electrons. The Bertz CT molecular complexity index is 607. The first-order chi connectivity index (χ1) is 8.91. The minimum Gasteiger partial charge on any atom is -0.313 e. The normalized spacial score (nSPS) is 13.9. The summed E-state index contributed by atoms with van der Waals surface area (Å²) in [6.07, 6.45) is 0.783. The Morgan fingerprint density at radius 3 is 2.79 bits per heavy atom. The molecule has 0 aliphatic carbocycles. The highest BCUT2D eigenvalue weighted by molar-refractivity contribution is 5.34. The summed E-state index contributed by atoms with van der Waals surface area (Å²) in [6.45, 7) is 9.60. The summed E-state index contributed by atoms with van der Waals surface area (Å²) < 4.78 is 1.31. The maximum absolute atomic E-state index is 11.5. The zero-order chi connectivity index (χ0) is 14.0. The van der Waals surface area contributed by atoms with E-state index in [4.69, 9.17) is 0 Å². The van der Waals surface area contributed by atoms with Crippen LogP contribution in [0, 0.1) is 5.41 Å². The number of nitrogens with zero attached hydrogens (tertiary/aromatic N) is 3. The number of rotatable bonds is 4. The van der Waals surface area contributed by atoms with Crippen LogP contribution < -0.4 is 11.0 Å². The SMILES string of the molecule is CCNC(Cc1ccc2n[nH]c(=O)n2n1)C(C)(C)C. The first kappa shape index (κ1) is 13.7. The van der Waals surface area contributed by atoms with Crippen molar-refractivity contribution in [2.75, 3.05) is 6.54 Å². The van der Waals surface area contributed by atoms with Crippen molar-refractivity contribution in [1.82, 2.24) is 25.1 Å². The molecule has 6 nitrogen and oxygen atoms in total. The zero-order valence-electron chi connectivity index (χ0n) is 11.9. The first-order valence-electron chi connectivity index (χ1n) is 6.58. The van der Waals surface area contributed by atoms with Crippen LogP contribution in [0.5, 0.6) is 0 Å². The van der Waals surface area contributed by atoms with E-state index in [9.17, 15) is 4.79 Å². The largest absolute Gasteiger partial charge is 0.364 e. The van der Waals surface area contributed by atoms with Gasteiger partial charge in [0.1, 0.15) is 0 Å². The smallest absolute Gasteiger partial charge is 0.313 e. The molecule has 2 aromatic rings. The Labute approximate surface area is 112 Å². The monoisotopic (exact) mass is 263 g/mol. The fourth-order valence-electron chi connectivity index (χ4n) is 2.09. The molecule has 0 fully saturated rings. The summed E-state index contributed by atoms with van der Waals surface area (Å²) in [5.74, 6) is 0. The van der Waals surface area contributed by atoms with Crippen molar-refractivity contribution in [2.24, 2.45) is 5.41 Å². The topological polar surface area (TPSA) is 75.1 Å². The summed E-state index contributed by atoms with van der Waals surface area (Å²) in [5, 5.41) is 14.1. The maximum Gasteiger partial charge on any atom is 0.364 e. The molecule has 2 aromatic heterocycles. The molecule has 0 amide bonds. The Balaban J connectivity index is 2.28. The second kappa shape index (κ2) is 5.13. The van der Waals surface area contributed by atoms with Crippen LogP contribution in [-0.4, -0.2) is 32.4 Å². The molecule has 2 rings (SSSR count). The van der Waals surface area contributed by atoms with Crippen LogP contribution in [0.15, 0.2) is 16.9 Å². The van der Waals surface area contributed by atoms with Crippen LogP contribution in [0.4, 0.5) is 0 Å². The molecule has 0 bridgehead atoms. The molecule has 0 aliphatic rings. The molecule has 0 spiro atoms. The highest BCUT2D eigenvalue weighted by Crippen LogP contribution is 2.21. The van der Waals surface area contributed by atoms with E-state index in [1.807, 2.05) is 12.1 Å². The van der Waals surface area contributed by atoms with Crippen molar-refractivity contribution < 1.29 is 0 Å². The van der Waals surface area contributed by atoms with Gasteiger partial charge < -0.3 is 5.32 Å². The van der Waals surface area contributed by atoms with Crippen molar-refractivity contribution in [3.63, 3.8) is 0 Å². The Morgan fingerprint density at radius 2 is 2.16 bits per heavy atom. The number of fused-ring (bicyclic) bond motifs is 1. The highest BCUT2D eigenvalue weighted by atomic mass is 16.2. The van der Waals surface area contributed by atoms with Gasteiger partial charge in [0.15, 0.2) is 5.65 Å². The maximum atomic E-state index is 11.5. The molecule has 0 saturated carbocycles. The fraction of sp³-hybridized carbons (Fsp3) is 0.615. The van der Waals surface area contributed by atoms with E-state index < -0.39 is 0 Å². The zero-order valence-corrected chi connectivity index (χ0v) is 11.9. The van der Waals surface area contributed by atoms with E-state index in [2.05, 4.69) is 48.3 Å². The molecule has 1 unspecified atom stereocenters. The van der Waals surface area contributed by atoms with Gasteiger partial charge in [0.2, 0.25) is 0 Å². The molecule has 0 aromatic carbocycles. The Hall–Kier alpha value is -1.69. The second-order valence-corrected chi connectivity index (χ2v) is 5.80. The summed E-state index contributed by atoms with van der Waals surface area (Å²) in [6, 6.07) is 4.04. The van der Waals surface area contributed by atoms with Crippen LogP contribution >= 0.6 is 0 Å². The third-order valence-corrected chi connectivity index (χ3v) is 3.24. The average Bonchev–Trinajstić information content (AvgIpc) is 2.69. The predicted molar refractivity (Wildman–Crippen MR) is 74.2 cm³/mol. The van der Waals surface area contributed by atoms with Gasteiger partial charge in [-0.3, -0.25) is 0 Å². The van der Waals surface area contributed by atoms with Crippen LogP contribution in [0.25, 0.3) is 5.65 Å². The molecular formula is C13H21N5O. The first-order valence-corrected chi connectivity index (χ1v) is 6.58. The minimum absolute atomic E-state index is 0.133. The Morgan fingerprint density at radius 1 is 1.42 bits per heavy atom. The van der Waals surface area contributed by atoms with Crippen molar-refractivity contribution in [3.05, 3.63) is 28.3 Å². The van der Waals surface area contributed by atoms with E-state index in [0.717, 1.165) is 18.7 Å². The van der Waals surface area contributed by atoms with Gasteiger partial charge in [0, 0.05) is 12.5 Å². The summed E-state index contributed by atoms with van der Waals surface area (Å²) in [4.78, 5) is 11.5. The van der Waals surface area contributed by atoms with E-state index in [1.54, 1.807) is 0 Å². The van der Waals surface area contributed by atoms with E-state index in [0.29, 0.717) is 11.7 Å². The molecule has 6 heteroatoms. The molecule has 2 N–H and O–H groups in total. The van der Waals surface area contributed by atoms with Crippen molar-refractivity contribution in [2.45, 2.75) is 40.2 Å². The Kier molecular flexibility index (Phi) is 3.71. The van der Waals surface area contributed by atoms with Crippen LogP contribution in [0.3, 0.4) is 0 Å². The lowest BCUT2D eigenvalue weighted by molar-refractivity contribution is 0.268. The quantitative estimate of drug-likeness (QED) is 0.862. The number of likely N-dealkylation sites (N-methyl/N-ethyl adjacent to an activating group) is 1. The number of nitrogens with one attached hydrogen (secondary N) is 2. The van der Waals surface area contributed by atoms with Gasteiger partial charge >= 0.3 is 5.69 Å². The predicted octanol–water partition coefficient (Wildman–Crippen LogP) is 0.984. The molecule has 2 heterocycles. The van der Waals surface area contributed by atoms with Gasteiger partial charge in [-0.1, -0.05) is 27.7 Å². The van der Waals surface area contributed by atoms with Gasteiger partial charge in [0.05, 0.1) is 5.69 Å². The standard InChI is InChI=1S/C13H21N5O/c1-5-14-10(13(2,3)4)8-9-6-7-11-15-16-12(19)18(11)17-9/h6-7,10,14H,5,8H2,1-4H3,(H,16,19). The average molecular weight is 263 g/mol. The van der Waals surface area contributed by atoms with E-state index in [1.165, 1.54) is 4.52 Å². The number of hydrogen-bond acceptors (Lipinski definition) is 4. The summed E-state index contributed by atoms with van der Waals surface area (Å²) in [7, 11) is 0. The molecule has 1 atom stereocenters. The lowest BCUT2D eigenvalue weighted by Gasteiger charge is -2.31. The van der Waals surface area contributed by atoms with Gasteiger partial charge in [-0.25, -0.2) is 9.89 Å². The summed E-state index contributed by atoms with van der Waals surface area (Å²) in [5.41, 5.74) is 1.27. The van der Waals surface area contributed by atoms with E-state index in [-0.39, 0.29) is 11.1 Å². The lowest BCUT2D eigenvalue weighted by Crippen LogP contribution is -2.42. The number of hydrogen-bond donors (Lipinski definition) is 2. The molecule has 0 radical (unpaired) electrons. The van der Waals surface area contributed by atoms with Gasteiger partial charge in [0.25, 0.3) is 0 Å². The number of aromatic nitrogens is 4. The van der Waals surface area contributed by atoms with Crippen molar-refractivity contribution in [1.29, 1.82) is 0 Å². The molecule has 0 aliphatic heterocycles.